The first-order valence-electron chi connectivity index (χ1n) is 8.77. The summed E-state index contributed by atoms with van der Waals surface area (Å²) < 4.78 is 32.3. The topological polar surface area (TPSA) is 75.7 Å². The van der Waals surface area contributed by atoms with Gasteiger partial charge in [0.05, 0.1) is 13.7 Å². The lowest BCUT2D eigenvalue weighted by atomic mass is 10.0. The number of sulfonamides is 1. The number of hydrogen-bond acceptors (Lipinski definition) is 5. The van der Waals surface area contributed by atoms with Crippen molar-refractivity contribution in [3.05, 3.63) is 48.0 Å². The van der Waals surface area contributed by atoms with E-state index < -0.39 is 15.9 Å². The van der Waals surface area contributed by atoms with Crippen LogP contribution >= 0.6 is 11.8 Å². The molecule has 0 heterocycles. The van der Waals surface area contributed by atoms with E-state index in [1.807, 2.05) is 44.4 Å². The van der Waals surface area contributed by atoms with E-state index in [9.17, 15) is 13.2 Å². The zero-order chi connectivity index (χ0) is 20.9. The number of carbonyl (C=O) groups excluding carboxylic acids is 1. The number of nitrogens with zero attached hydrogens (tertiary/aromatic N) is 1. The van der Waals surface area contributed by atoms with Crippen molar-refractivity contribution in [1.29, 1.82) is 0 Å². The number of benzene rings is 2. The van der Waals surface area contributed by atoms with E-state index >= 15 is 0 Å². The Morgan fingerprint density at radius 3 is 2.54 bits per heavy atom. The van der Waals surface area contributed by atoms with Crippen LogP contribution in [0.4, 0.5) is 5.69 Å². The van der Waals surface area contributed by atoms with Gasteiger partial charge in [-0.05, 0) is 48.1 Å². The average molecular weight is 423 g/mol. The lowest BCUT2D eigenvalue weighted by Gasteiger charge is -2.20. The summed E-state index contributed by atoms with van der Waals surface area (Å²) in [5, 5.41) is 2.74. The third kappa shape index (κ3) is 5.27. The SMILES string of the molecule is COc1ccc(C(C)C)cc1S(=O)(=O)N(C)CC(=O)Nc1cccc(SC)c1. The first-order chi connectivity index (χ1) is 13.2. The molecular formula is C20H26N2O4S2. The van der Waals surface area contributed by atoms with Crippen LogP contribution in [0.15, 0.2) is 52.3 Å². The Bertz CT molecular complexity index is 943. The van der Waals surface area contributed by atoms with Crippen molar-refractivity contribution in [2.24, 2.45) is 0 Å². The number of amides is 1. The van der Waals surface area contributed by atoms with Crippen molar-refractivity contribution in [2.45, 2.75) is 29.6 Å². The fourth-order valence-corrected chi connectivity index (χ4v) is 4.38. The number of hydrogen-bond donors (Lipinski definition) is 1. The minimum Gasteiger partial charge on any atom is -0.495 e. The van der Waals surface area contributed by atoms with Gasteiger partial charge >= 0.3 is 0 Å². The van der Waals surface area contributed by atoms with Crippen LogP contribution in [0.1, 0.15) is 25.3 Å². The summed E-state index contributed by atoms with van der Waals surface area (Å²) in [5.41, 5.74) is 1.51. The van der Waals surface area contributed by atoms with Crippen molar-refractivity contribution in [1.82, 2.24) is 4.31 Å². The number of rotatable bonds is 8. The number of methoxy groups -OCH3 is 1. The molecule has 0 aromatic heterocycles. The largest absolute Gasteiger partial charge is 0.495 e. The second-order valence-electron chi connectivity index (χ2n) is 6.61. The Labute approximate surface area is 171 Å². The molecule has 0 radical (unpaired) electrons. The van der Waals surface area contributed by atoms with Crippen LogP contribution in [0.3, 0.4) is 0 Å². The molecule has 0 aliphatic rings. The van der Waals surface area contributed by atoms with E-state index in [2.05, 4.69) is 5.32 Å². The molecule has 0 unspecified atom stereocenters. The Balaban J connectivity index is 2.21. The molecule has 2 aromatic carbocycles. The van der Waals surface area contributed by atoms with Gasteiger partial charge in [0.1, 0.15) is 10.6 Å². The summed E-state index contributed by atoms with van der Waals surface area (Å²) in [6, 6.07) is 12.5. The van der Waals surface area contributed by atoms with Gasteiger partial charge in [0.25, 0.3) is 0 Å². The molecule has 0 aliphatic carbocycles. The first kappa shape index (κ1) is 22.3. The minimum absolute atomic E-state index is 0.0564. The molecule has 2 aromatic rings. The van der Waals surface area contributed by atoms with Gasteiger partial charge in [0.2, 0.25) is 15.9 Å². The van der Waals surface area contributed by atoms with Crippen LogP contribution < -0.4 is 10.1 Å². The molecule has 0 fully saturated rings. The predicted octanol–water partition coefficient (Wildman–Crippen LogP) is 3.80. The zero-order valence-electron chi connectivity index (χ0n) is 16.7. The molecule has 0 aliphatic heterocycles. The van der Waals surface area contributed by atoms with Crippen molar-refractivity contribution in [2.75, 3.05) is 32.3 Å². The van der Waals surface area contributed by atoms with Crippen LogP contribution in [-0.4, -0.2) is 45.6 Å². The maximum atomic E-state index is 13.0. The third-order valence-corrected chi connectivity index (χ3v) is 6.81. The molecule has 0 spiro atoms. The molecule has 0 saturated heterocycles. The van der Waals surface area contributed by atoms with Crippen molar-refractivity contribution in [3.8, 4) is 5.75 Å². The number of anilines is 1. The molecule has 8 heteroatoms. The van der Waals surface area contributed by atoms with Gasteiger partial charge in [-0.2, -0.15) is 4.31 Å². The smallest absolute Gasteiger partial charge is 0.246 e. The zero-order valence-corrected chi connectivity index (χ0v) is 18.4. The number of ether oxygens (including phenoxy) is 1. The van der Waals surface area contributed by atoms with Gasteiger partial charge in [-0.25, -0.2) is 8.42 Å². The first-order valence-corrected chi connectivity index (χ1v) is 11.4. The quantitative estimate of drug-likeness (QED) is 0.655. The predicted molar refractivity (Wildman–Crippen MR) is 114 cm³/mol. The fourth-order valence-electron chi connectivity index (χ4n) is 2.61. The highest BCUT2D eigenvalue weighted by molar-refractivity contribution is 7.98. The second kappa shape index (κ2) is 9.45. The van der Waals surface area contributed by atoms with Crippen LogP contribution in [0.25, 0.3) is 0 Å². The molecule has 0 saturated carbocycles. The summed E-state index contributed by atoms with van der Waals surface area (Å²) >= 11 is 1.56. The molecule has 1 N–H and O–H groups in total. The van der Waals surface area contributed by atoms with Gasteiger partial charge in [-0.3, -0.25) is 4.79 Å². The molecule has 0 bridgehead atoms. The maximum absolute atomic E-state index is 13.0. The maximum Gasteiger partial charge on any atom is 0.246 e. The normalized spacial score (nSPS) is 11.7. The average Bonchev–Trinajstić information content (AvgIpc) is 2.67. The van der Waals surface area contributed by atoms with Crippen LogP contribution in [0, 0.1) is 0 Å². The highest BCUT2D eigenvalue weighted by Gasteiger charge is 2.27. The second-order valence-corrected chi connectivity index (χ2v) is 9.50. The molecular weight excluding hydrogens is 396 g/mol. The highest BCUT2D eigenvalue weighted by Crippen LogP contribution is 2.30. The summed E-state index contributed by atoms with van der Waals surface area (Å²) in [5.74, 6) is 0.00446. The van der Waals surface area contributed by atoms with Crippen LogP contribution in [0.5, 0.6) is 5.75 Å². The van der Waals surface area contributed by atoms with E-state index in [1.165, 1.54) is 14.2 Å². The summed E-state index contributed by atoms with van der Waals surface area (Å²) in [4.78, 5) is 13.4. The third-order valence-electron chi connectivity index (χ3n) is 4.26. The van der Waals surface area contributed by atoms with E-state index in [0.29, 0.717) is 5.69 Å². The van der Waals surface area contributed by atoms with Gasteiger partial charge in [0, 0.05) is 17.6 Å². The molecule has 152 valence electrons. The Hall–Kier alpha value is -2.03. The highest BCUT2D eigenvalue weighted by atomic mass is 32.2. The Kier molecular flexibility index (Phi) is 7.51. The van der Waals surface area contributed by atoms with E-state index in [0.717, 1.165) is 14.8 Å². The van der Waals surface area contributed by atoms with Crippen molar-refractivity contribution < 1.29 is 17.9 Å². The van der Waals surface area contributed by atoms with E-state index in [4.69, 9.17) is 4.74 Å². The lowest BCUT2D eigenvalue weighted by molar-refractivity contribution is -0.116. The van der Waals surface area contributed by atoms with Crippen LogP contribution in [-0.2, 0) is 14.8 Å². The van der Waals surface area contributed by atoms with Crippen molar-refractivity contribution >= 4 is 33.4 Å². The van der Waals surface area contributed by atoms with Gasteiger partial charge in [0.15, 0.2) is 0 Å². The van der Waals surface area contributed by atoms with Gasteiger partial charge < -0.3 is 10.1 Å². The number of thioether (sulfide) groups is 1. The molecule has 6 nitrogen and oxygen atoms in total. The lowest BCUT2D eigenvalue weighted by Crippen LogP contribution is -2.35. The number of likely N-dealkylation sites (N-methyl/N-ethyl adjacent to an activating group) is 1. The molecule has 2 rings (SSSR count). The number of nitrogens with one attached hydrogen (secondary N) is 1. The van der Waals surface area contributed by atoms with Crippen LogP contribution in [0.2, 0.25) is 0 Å². The van der Waals surface area contributed by atoms with Gasteiger partial charge in [-0.1, -0.05) is 26.0 Å². The summed E-state index contributed by atoms with van der Waals surface area (Å²) in [7, 11) is -1.09. The van der Waals surface area contributed by atoms with E-state index in [1.54, 1.807) is 30.0 Å². The number of carbonyl (C=O) groups is 1. The van der Waals surface area contributed by atoms with Gasteiger partial charge in [-0.15, -0.1) is 11.8 Å². The fraction of sp³-hybridized carbons (Fsp3) is 0.350. The monoisotopic (exact) mass is 422 g/mol. The summed E-state index contributed by atoms with van der Waals surface area (Å²) in [6.07, 6.45) is 1.94. The molecule has 28 heavy (non-hydrogen) atoms. The summed E-state index contributed by atoms with van der Waals surface area (Å²) in [6.45, 7) is 3.66. The molecule has 0 atom stereocenters. The Morgan fingerprint density at radius 1 is 1.21 bits per heavy atom. The Morgan fingerprint density at radius 2 is 1.93 bits per heavy atom. The van der Waals surface area contributed by atoms with Crippen molar-refractivity contribution in [3.63, 3.8) is 0 Å². The standard InChI is InChI=1S/C20H26N2O4S2/c1-14(2)15-9-10-18(26-4)19(11-15)28(24,25)22(3)13-20(23)21-16-7-6-8-17(12-16)27-5/h6-12,14H,13H2,1-5H3,(H,21,23). The molecule has 1 amide bonds. The van der Waals surface area contributed by atoms with E-state index in [-0.39, 0.29) is 23.1 Å². The minimum atomic E-state index is -3.89.